The van der Waals surface area contributed by atoms with Gasteiger partial charge in [0.25, 0.3) is 5.56 Å². The topological polar surface area (TPSA) is 73.2 Å². The van der Waals surface area contributed by atoms with Crippen LogP contribution in [0.5, 0.6) is 5.75 Å². The van der Waals surface area contributed by atoms with E-state index in [4.69, 9.17) is 4.74 Å². The number of amides is 1. The zero-order valence-corrected chi connectivity index (χ0v) is 15.4. The highest BCUT2D eigenvalue weighted by Crippen LogP contribution is 2.26. The minimum atomic E-state index is -0.151. The Morgan fingerprint density at radius 1 is 1.19 bits per heavy atom. The van der Waals surface area contributed by atoms with Crippen molar-refractivity contribution in [2.24, 2.45) is 0 Å². The van der Waals surface area contributed by atoms with Crippen LogP contribution < -0.4 is 15.6 Å². The number of thioether (sulfide) groups is 1. The Balaban J connectivity index is 2.12. The molecule has 1 N–H and O–H groups in total. The lowest BCUT2D eigenvalue weighted by molar-refractivity contribution is -0.118. The number of para-hydroxylation sites is 3. The average molecular weight is 369 g/mol. The van der Waals surface area contributed by atoms with Crippen LogP contribution >= 0.6 is 11.8 Å². The molecule has 7 heteroatoms. The number of hydrogen-bond donors (Lipinski definition) is 1. The van der Waals surface area contributed by atoms with E-state index in [9.17, 15) is 9.59 Å². The van der Waals surface area contributed by atoms with Gasteiger partial charge in [0.2, 0.25) is 5.91 Å². The summed E-state index contributed by atoms with van der Waals surface area (Å²) in [5, 5.41) is 3.85. The molecule has 0 aliphatic rings. The third-order valence-corrected chi connectivity index (χ3v) is 4.72. The van der Waals surface area contributed by atoms with E-state index in [1.807, 2.05) is 42.5 Å². The number of ether oxygens (including phenoxy) is 1. The number of aromatic nitrogens is 2. The van der Waals surface area contributed by atoms with Crippen LogP contribution in [0.1, 0.15) is 6.92 Å². The molecule has 0 aliphatic carbocycles. The molecule has 3 aromatic rings. The largest absolute Gasteiger partial charge is 0.495 e. The maximum absolute atomic E-state index is 13.1. The van der Waals surface area contributed by atoms with Gasteiger partial charge in [0.1, 0.15) is 5.75 Å². The molecule has 1 amide bonds. The summed E-state index contributed by atoms with van der Waals surface area (Å²) in [4.78, 5) is 28.9. The van der Waals surface area contributed by atoms with Gasteiger partial charge >= 0.3 is 0 Å². The number of nitrogens with zero attached hydrogens (tertiary/aromatic N) is 2. The second kappa shape index (κ2) is 8.05. The van der Waals surface area contributed by atoms with Crippen LogP contribution in [0.15, 0.2) is 58.5 Å². The van der Waals surface area contributed by atoms with Gasteiger partial charge in [-0.3, -0.25) is 14.2 Å². The molecular formula is C19H19N3O3S. The van der Waals surface area contributed by atoms with Crippen molar-refractivity contribution in [1.29, 1.82) is 0 Å². The maximum Gasteiger partial charge on any atom is 0.266 e. The standard InChI is InChI=1S/C19H19N3O3S/c1-13(23)20-11-12-26-19-21-15-8-4-3-7-14(15)18(24)22(19)16-9-5-6-10-17(16)25-2/h3-10H,11-12H2,1-2H3,(H,20,23). The lowest BCUT2D eigenvalue weighted by Gasteiger charge is -2.15. The first-order valence-electron chi connectivity index (χ1n) is 8.14. The lowest BCUT2D eigenvalue weighted by atomic mass is 10.2. The second-order valence-corrected chi connectivity index (χ2v) is 6.62. The van der Waals surface area contributed by atoms with Crippen LogP contribution in [0.4, 0.5) is 0 Å². The Morgan fingerprint density at radius 2 is 1.92 bits per heavy atom. The van der Waals surface area contributed by atoms with Crippen molar-refractivity contribution < 1.29 is 9.53 Å². The number of carbonyl (C=O) groups is 1. The number of nitrogens with one attached hydrogen (secondary N) is 1. The van der Waals surface area contributed by atoms with Gasteiger partial charge in [-0.1, -0.05) is 36.0 Å². The van der Waals surface area contributed by atoms with Gasteiger partial charge in [-0.15, -0.1) is 0 Å². The lowest BCUT2D eigenvalue weighted by Crippen LogP contribution is -2.24. The third-order valence-electron chi connectivity index (χ3n) is 3.78. The van der Waals surface area contributed by atoms with E-state index < -0.39 is 0 Å². The molecule has 0 saturated heterocycles. The Morgan fingerprint density at radius 3 is 2.69 bits per heavy atom. The van der Waals surface area contributed by atoms with Crippen LogP contribution in [-0.4, -0.2) is 34.9 Å². The smallest absolute Gasteiger partial charge is 0.266 e. The number of rotatable bonds is 6. The molecule has 0 saturated carbocycles. The molecule has 26 heavy (non-hydrogen) atoms. The molecule has 0 unspecified atom stereocenters. The van der Waals surface area contributed by atoms with E-state index in [2.05, 4.69) is 10.3 Å². The van der Waals surface area contributed by atoms with E-state index in [1.54, 1.807) is 17.7 Å². The summed E-state index contributed by atoms with van der Waals surface area (Å²) < 4.78 is 6.99. The number of methoxy groups -OCH3 is 1. The monoisotopic (exact) mass is 369 g/mol. The molecule has 0 bridgehead atoms. The van der Waals surface area contributed by atoms with Gasteiger partial charge in [0.05, 0.1) is 23.7 Å². The highest BCUT2D eigenvalue weighted by atomic mass is 32.2. The summed E-state index contributed by atoms with van der Waals surface area (Å²) in [5.74, 6) is 1.11. The first-order chi connectivity index (χ1) is 12.6. The fourth-order valence-corrected chi connectivity index (χ4v) is 3.47. The van der Waals surface area contributed by atoms with Gasteiger partial charge in [0.15, 0.2) is 5.16 Å². The van der Waals surface area contributed by atoms with E-state index in [0.717, 1.165) is 0 Å². The summed E-state index contributed by atoms with van der Waals surface area (Å²) >= 11 is 1.41. The fraction of sp³-hybridized carbons (Fsp3) is 0.211. The Kier molecular flexibility index (Phi) is 5.58. The number of fused-ring (bicyclic) bond motifs is 1. The first kappa shape index (κ1) is 18.0. The molecule has 0 aliphatic heterocycles. The molecule has 0 atom stereocenters. The predicted molar refractivity (Wildman–Crippen MR) is 103 cm³/mol. The van der Waals surface area contributed by atoms with Crippen LogP contribution in [-0.2, 0) is 4.79 Å². The van der Waals surface area contributed by atoms with E-state index >= 15 is 0 Å². The number of hydrogen-bond acceptors (Lipinski definition) is 5. The molecule has 2 aromatic carbocycles. The van der Waals surface area contributed by atoms with Crippen molar-refractivity contribution in [1.82, 2.24) is 14.9 Å². The van der Waals surface area contributed by atoms with Gasteiger partial charge in [-0.05, 0) is 24.3 Å². The molecule has 0 radical (unpaired) electrons. The Bertz CT molecular complexity index is 1000. The normalized spacial score (nSPS) is 10.7. The van der Waals surface area contributed by atoms with Gasteiger partial charge in [0, 0.05) is 19.2 Å². The molecule has 1 heterocycles. The molecular weight excluding hydrogens is 350 g/mol. The van der Waals surface area contributed by atoms with Crippen LogP contribution in [0.3, 0.4) is 0 Å². The van der Waals surface area contributed by atoms with Crippen molar-refractivity contribution in [2.75, 3.05) is 19.4 Å². The van der Waals surface area contributed by atoms with Crippen LogP contribution in [0, 0.1) is 0 Å². The quantitative estimate of drug-likeness (QED) is 0.411. The van der Waals surface area contributed by atoms with Gasteiger partial charge in [-0.25, -0.2) is 4.98 Å². The summed E-state index contributed by atoms with van der Waals surface area (Å²) in [6.07, 6.45) is 0. The molecule has 6 nitrogen and oxygen atoms in total. The third kappa shape index (κ3) is 3.72. The molecule has 0 spiro atoms. The minimum absolute atomic E-state index is 0.0841. The highest BCUT2D eigenvalue weighted by Gasteiger charge is 2.16. The summed E-state index contributed by atoms with van der Waals surface area (Å²) in [7, 11) is 1.57. The SMILES string of the molecule is COc1ccccc1-n1c(SCCNC(C)=O)nc2ccccc2c1=O. The highest BCUT2D eigenvalue weighted by molar-refractivity contribution is 7.99. The van der Waals surface area contributed by atoms with Crippen molar-refractivity contribution in [3.05, 3.63) is 58.9 Å². The molecule has 3 rings (SSSR count). The zero-order chi connectivity index (χ0) is 18.5. The molecule has 1 aromatic heterocycles. The van der Waals surface area contributed by atoms with E-state index in [1.165, 1.54) is 18.7 Å². The average Bonchev–Trinajstić information content (AvgIpc) is 2.65. The van der Waals surface area contributed by atoms with Crippen LogP contribution in [0.2, 0.25) is 0 Å². The number of carbonyl (C=O) groups excluding carboxylic acids is 1. The van der Waals surface area contributed by atoms with Crippen molar-refractivity contribution >= 4 is 28.6 Å². The zero-order valence-electron chi connectivity index (χ0n) is 14.6. The summed E-state index contributed by atoms with van der Waals surface area (Å²) in [6, 6.07) is 14.6. The number of benzene rings is 2. The first-order valence-corrected chi connectivity index (χ1v) is 9.13. The van der Waals surface area contributed by atoms with Gasteiger partial charge < -0.3 is 10.1 Å². The summed E-state index contributed by atoms with van der Waals surface area (Å²) in [6.45, 7) is 1.97. The summed E-state index contributed by atoms with van der Waals surface area (Å²) in [5.41, 5.74) is 1.13. The van der Waals surface area contributed by atoms with Crippen LogP contribution in [0.25, 0.3) is 16.6 Å². The van der Waals surface area contributed by atoms with E-state index in [0.29, 0.717) is 39.8 Å². The molecule has 0 fully saturated rings. The van der Waals surface area contributed by atoms with Gasteiger partial charge in [-0.2, -0.15) is 0 Å². The molecule has 134 valence electrons. The minimum Gasteiger partial charge on any atom is -0.495 e. The van der Waals surface area contributed by atoms with Crippen molar-refractivity contribution in [3.8, 4) is 11.4 Å². The van der Waals surface area contributed by atoms with E-state index in [-0.39, 0.29) is 11.5 Å². The Hall–Kier alpha value is -2.80. The van der Waals surface area contributed by atoms with Crippen molar-refractivity contribution in [3.63, 3.8) is 0 Å². The Labute approximate surface area is 155 Å². The van der Waals surface area contributed by atoms with Crippen molar-refractivity contribution in [2.45, 2.75) is 12.1 Å². The second-order valence-electron chi connectivity index (χ2n) is 5.56. The predicted octanol–water partition coefficient (Wildman–Crippen LogP) is 2.62. The fourth-order valence-electron chi connectivity index (χ4n) is 2.61. The maximum atomic E-state index is 13.1.